The summed E-state index contributed by atoms with van der Waals surface area (Å²) in [5.41, 5.74) is 0. The van der Waals surface area contributed by atoms with E-state index in [9.17, 15) is 0 Å². The first-order chi connectivity index (χ1) is 4.77. The maximum atomic E-state index is 4.78. The molecule has 58 valence electrons. The van der Waals surface area contributed by atoms with Gasteiger partial charge in [0.1, 0.15) is 6.61 Å². The fraction of sp³-hybridized carbons (Fsp3) is 0.625. The molecule has 2 nitrogen and oxygen atoms in total. The van der Waals surface area contributed by atoms with E-state index in [1.807, 2.05) is 0 Å². The minimum Gasteiger partial charge on any atom is -0.392 e. The Morgan fingerprint density at radius 1 is 1.60 bits per heavy atom. The minimum atomic E-state index is 0.495. The predicted molar refractivity (Wildman–Crippen MR) is 44.1 cm³/mol. The molecule has 0 N–H and O–H groups in total. The van der Waals surface area contributed by atoms with Gasteiger partial charge in [-0.15, -0.1) is 0 Å². The van der Waals surface area contributed by atoms with E-state index in [1.165, 1.54) is 0 Å². The maximum Gasteiger partial charge on any atom is 0.135 e. The van der Waals surface area contributed by atoms with Gasteiger partial charge in [-0.2, -0.15) is 0 Å². The van der Waals surface area contributed by atoms with Crippen LogP contribution in [0, 0.1) is 5.92 Å². The van der Waals surface area contributed by atoms with Gasteiger partial charge in [0, 0.05) is 6.21 Å². The summed E-state index contributed by atoms with van der Waals surface area (Å²) in [6, 6.07) is 0. The Morgan fingerprint density at radius 2 is 2.30 bits per heavy atom. The summed E-state index contributed by atoms with van der Waals surface area (Å²) in [4.78, 5) is 4.78. The first-order valence-electron chi connectivity index (χ1n) is 3.52. The van der Waals surface area contributed by atoms with E-state index in [0.29, 0.717) is 12.5 Å². The fourth-order valence-corrected chi connectivity index (χ4v) is 0.402. The summed E-state index contributed by atoms with van der Waals surface area (Å²) >= 11 is 0. The molecule has 0 rings (SSSR count). The number of oxime groups is 1. The summed E-state index contributed by atoms with van der Waals surface area (Å²) in [5.74, 6) is 0.649. The van der Waals surface area contributed by atoms with Crippen molar-refractivity contribution in [2.45, 2.75) is 20.3 Å². The van der Waals surface area contributed by atoms with Gasteiger partial charge in [-0.3, -0.25) is 0 Å². The molecule has 0 bridgehead atoms. The average Bonchev–Trinajstić information content (AvgIpc) is 1.87. The zero-order valence-corrected chi connectivity index (χ0v) is 6.71. The third-order valence-electron chi connectivity index (χ3n) is 0.918. The Bertz CT molecular complexity index is 108. The predicted octanol–water partition coefficient (Wildman–Crippen LogP) is 2.22. The van der Waals surface area contributed by atoms with Gasteiger partial charge < -0.3 is 4.84 Å². The molecular weight excluding hydrogens is 126 g/mol. The van der Waals surface area contributed by atoms with Crippen molar-refractivity contribution in [2.75, 3.05) is 6.61 Å². The highest BCUT2D eigenvalue weighted by atomic mass is 16.6. The SMILES string of the molecule is C=CCON=CCC(C)C. The van der Waals surface area contributed by atoms with Crippen LogP contribution in [0.1, 0.15) is 20.3 Å². The van der Waals surface area contributed by atoms with Crippen LogP contribution in [0.2, 0.25) is 0 Å². The van der Waals surface area contributed by atoms with Gasteiger partial charge in [0.05, 0.1) is 0 Å². The van der Waals surface area contributed by atoms with Gasteiger partial charge in [-0.1, -0.05) is 31.7 Å². The second-order valence-corrected chi connectivity index (χ2v) is 2.50. The zero-order chi connectivity index (χ0) is 7.82. The fourth-order valence-electron chi connectivity index (χ4n) is 0.402. The summed E-state index contributed by atoms with van der Waals surface area (Å²) in [5, 5.41) is 3.70. The lowest BCUT2D eigenvalue weighted by molar-refractivity contribution is 0.175. The van der Waals surface area contributed by atoms with E-state index in [2.05, 4.69) is 25.6 Å². The molecule has 0 aliphatic carbocycles. The molecule has 0 aromatic rings. The molecule has 0 unspecified atom stereocenters. The van der Waals surface area contributed by atoms with Crippen LogP contribution in [-0.4, -0.2) is 12.8 Å². The van der Waals surface area contributed by atoms with Crippen molar-refractivity contribution in [3.05, 3.63) is 12.7 Å². The van der Waals surface area contributed by atoms with Gasteiger partial charge in [0.25, 0.3) is 0 Å². The second-order valence-electron chi connectivity index (χ2n) is 2.50. The standard InChI is InChI=1S/C8H15NO/c1-4-7-10-9-6-5-8(2)3/h4,6,8H,1,5,7H2,2-3H3. The molecule has 0 aliphatic rings. The van der Waals surface area contributed by atoms with Crippen LogP contribution in [0.5, 0.6) is 0 Å². The number of hydrogen-bond acceptors (Lipinski definition) is 2. The van der Waals surface area contributed by atoms with Gasteiger partial charge in [0.15, 0.2) is 0 Å². The van der Waals surface area contributed by atoms with Crippen LogP contribution in [0.25, 0.3) is 0 Å². The zero-order valence-electron chi connectivity index (χ0n) is 6.71. The van der Waals surface area contributed by atoms with Crippen LogP contribution < -0.4 is 0 Å². The first kappa shape index (κ1) is 9.21. The van der Waals surface area contributed by atoms with Gasteiger partial charge in [-0.25, -0.2) is 0 Å². The van der Waals surface area contributed by atoms with E-state index in [1.54, 1.807) is 12.3 Å². The Morgan fingerprint density at radius 3 is 2.80 bits per heavy atom. The van der Waals surface area contributed by atoms with Crippen LogP contribution in [-0.2, 0) is 4.84 Å². The van der Waals surface area contributed by atoms with Crippen molar-refractivity contribution >= 4 is 6.21 Å². The third kappa shape index (κ3) is 7.21. The first-order valence-corrected chi connectivity index (χ1v) is 3.52. The maximum absolute atomic E-state index is 4.78. The van der Waals surface area contributed by atoms with Crippen molar-refractivity contribution in [3.63, 3.8) is 0 Å². The lowest BCUT2D eigenvalue weighted by Gasteiger charge is -1.95. The van der Waals surface area contributed by atoms with E-state index in [4.69, 9.17) is 4.84 Å². The van der Waals surface area contributed by atoms with E-state index < -0.39 is 0 Å². The van der Waals surface area contributed by atoms with Gasteiger partial charge in [0.2, 0.25) is 0 Å². The Kier molecular flexibility index (Phi) is 5.83. The molecule has 0 aromatic heterocycles. The van der Waals surface area contributed by atoms with E-state index >= 15 is 0 Å². The summed E-state index contributed by atoms with van der Waals surface area (Å²) < 4.78 is 0. The van der Waals surface area contributed by atoms with E-state index in [0.717, 1.165) is 6.42 Å². The summed E-state index contributed by atoms with van der Waals surface area (Å²) in [6.45, 7) is 8.27. The molecule has 0 saturated carbocycles. The molecule has 0 heterocycles. The molecule has 0 atom stereocenters. The Labute approximate surface area is 62.6 Å². The monoisotopic (exact) mass is 141 g/mol. The van der Waals surface area contributed by atoms with Crippen molar-refractivity contribution in [1.82, 2.24) is 0 Å². The highest BCUT2D eigenvalue weighted by Crippen LogP contribution is 1.94. The molecule has 0 amide bonds. The molecular formula is C8H15NO. The van der Waals surface area contributed by atoms with Crippen molar-refractivity contribution in [3.8, 4) is 0 Å². The van der Waals surface area contributed by atoms with E-state index in [-0.39, 0.29) is 0 Å². The molecule has 0 aliphatic heterocycles. The molecule has 0 aromatic carbocycles. The molecule has 2 heteroatoms. The third-order valence-corrected chi connectivity index (χ3v) is 0.918. The molecule has 10 heavy (non-hydrogen) atoms. The largest absolute Gasteiger partial charge is 0.392 e. The molecule has 0 saturated heterocycles. The van der Waals surface area contributed by atoms with Crippen LogP contribution in [0.15, 0.2) is 17.8 Å². The molecule has 0 fully saturated rings. The van der Waals surface area contributed by atoms with Gasteiger partial charge in [-0.05, 0) is 12.3 Å². The topological polar surface area (TPSA) is 21.6 Å². The van der Waals surface area contributed by atoms with Crippen LogP contribution in [0.3, 0.4) is 0 Å². The Balaban J connectivity index is 3.11. The van der Waals surface area contributed by atoms with Crippen LogP contribution in [0.4, 0.5) is 0 Å². The minimum absolute atomic E-state index is 0.495. The van der Waals surface area contributed by atoms with Crippen molar-refractivity contribution < 1.29 is 4.84 Å². The second kappa shape index (κ2) is 6.33. The number of hydrogen-bond donors (Lipinski definition) is 0. The lowest BCUT2D eigenvalue weighted by Crippen LogP contribution is -1.88. The van der Waals surface area contributed by atoms with Crippen molar-refractivity contribution in [1.29, 1.82) is 0 Å². The number of nitrogens with zero attached hydrogens (tertiary/aromatic N) is 1. The van der Waals surface area contributed by atoms with Crippen molar-refractivity contribution in [2.24, 2.45) is 11.1 Å². The summed E-state index contributed by atoms with van der Waals surface area (Å²) in [7, 11) is 0. The quantitative estimate of drug-likeness (QED) is 0.249. The highest BCUT2D eigenvalue weighted by molar-refractivity contribution is 5.56. The van der Waals surface area contributed by atoms with Gasteiger partial charge >= 0.3 is 0 Å². The molecule has 0 spiro atoms. The Hall–Kier alpha value is -0.790. The summed E-state index contributed by atoms with van der Waals surface area (Å²) in [6.07, 6.45) is 4.43. The lowest BCUT2D eigenvalue weighted by atomic mass is 10.2. The normalized spacial score (nSPS) is 10.7. The van der Waals surface area contributed by atoms with Crippen LogP contribution >= 0.6 is 0 Å². The molecule has 0 radical (unpaired) electrons. The average molecular weight is 141 g/mol. The number of rotatable bonds is 5. The smallest absolute Gasteiger partial charge is 0.135 e. The highest BCUT2D eigenvalue weighted by Gasteiger charge is 1.86.